The van der Waals surface area contributed by atoms with Gasteiger partial charge in [0.1, 0.15) is 0 Å². The average Bonchev–Trinajstić information content (AvgIpc) is 2.39. The number of hydrogen-bond donors (Lipinski definition) is 0. The first-order valence-electron chi connectivity index (χ1n) is 6.50. The summed E-state index contributed by atoms with van der Waals surface area (Å²) in [5, 5.41) is 0. The Balaban J connectivity index is 2.59. The molecule has 2 rings (SSSR count). The zero-order valence-electron chi connectivity index (χ0n) is 11.7. The van der Waals surface area contributed by atoms with Crippen LogP contribution in [-0.2, 0) is 6.42 Å². The molecule has 0 radical (unpaired) electrons. The van der Waals surface area contributed by atoms with Crippen molar-refractivity contribution in [2.24, 2.45) is 0 Å². The van der Waals surface area contributed by atoms with Crippen molar-refractivity contribution in [3.63, 3.8) is 0 Å². The smallest absolute Gasteiger partial charge is 0.0396 e. The number of anilines is 1. The van der Waals surface area contributed by atoms with Crippen molar-refractivity contribution in [1.29, 1.82) is 0 Å². The Kier molecular flexibility index (Phi) is 3.71. The third-order valence-electron chi connectivity index (χ3n) is 3.49. The summed E-state index contributed by atoms with van der Waals surface area (Å²) in [6, 6.07) is 15.1. The Morgan fingerprint density at radius 3 is 2.17 bits per heavy atom. The molecule has 0 amide bonds. The lowest BCUT2D eigenvalue weighted by atomic mass is 9.93. The molecule has 0 saturated heterocycles. The summed E-state index contributed by atoms with van der Waals surface area (Å²) < 4.78 is 0. The molecular weight excluding hydrogens is 218 g/mol. The summed E-state index contributed by atoms with van der Waals surface area (Å²) in [7, 11) is 4.21. The molecule has 0 atom stereocenters. The van der Waals surface area contributed by atoms with Crippen LogP contribution in [0.5, 0.6) is 0 Å². The van der Waals surface area contributed by atoms with Crippen LogP contribution in [0.25, 0.3) is 11.1 Å². The molecule has 0 heterocycles. The number of rotatable bonds is 3. The predicted octanol–water partition coefficient (Wildman–Crippen LogP) is 4.29. The first-order valence-corrected chi connectivity index (χ1v) is 6.50. The quantitative estimate of drug-likeness (QED) is 0.772. The van der Waals surface area contributed by atoms with Gasteiger partial charge in [-0.3, -0.25) is 0 Å². The van der Waals surface area contributed by atoms with Gasteiger partial charge in [-0.05, 0) is 41.7 Å². The van der Waals surface area contributed by atoms with Gasteiger partial charge < -0.3 is 4.90 Å². The van der Waals surface area contributed by atoms with Gasteiger partial charge in [0.05, 0.1) is 0 Å². The van der Waals surface area contributed by atoms with Crippen molar-refractivity contribution >= 4 is 5.69 Å². The van der Waals surface area contributed by atoms with E-state index in [0.717, 1.165) is 6.42 Å². The molecule has 0 aliphatic rings. The van der Waals surface area contributed by atoms with Gasteiger partial charge in [-0.1, -0.05) is 43.3 Å². The van der Waals surface area contributed by atoms with E-state index in [1.807, 2.05) is 0 Å². The summed E-state index contributed by atoms with van der Waals surface area (Å²) in [6.45, 7) is 4.46. The standard InChI is InChI=1S/C17H21N/c1-5-15-13(2)16(11-12-17(15)18(3)4)14-9-7-6-8-10-14/h6-12H,5H2,1-4H3. The molecule has 0 saturated carbocycles. The topological polar surface area (TPSA) is 3.24 Å². The lowest BCUT2D eigenvalue weighted by molar-refractivity contribution is 1.04. The molecule has 0 bridgehead atoms. The number of nitrogens with zero attached hydrogens (tertiary/aromatic N) is 1. The molecule has 0 spiro atoms. The molecule has 2 aromatic rings. The molecule has 18 heavy (non-hydrogen) atoms. The predicted molar refractivity (Wildman–Crippen MR) is 80.3 cm³/mol. The highest BCUT2D eigenvalue weighted by atomic mass is 15.1. The van der Waals surface area contributed by atoms with Crippen LogP contribution in [0.15, 0.2) is 42.5 Å². The van der Waals surface area contributed by atoms with Crippen molar-refractivity contribution in [2.75, 3.05) is 19.0 Å². The maximum atomic E-state index is 2.24. The van der Waals surface area contributed by atoms with Crippen LogP contribution >= 0.6 is 0 Å². The summed E-state index contributed by atoms with van der Waals surface area (Å²) in [4.78, 5) is 2.20. The second-order valence-electron chi connectivity index (χ2n) is 4.85. The summed E-state index contributed by atoms with van der Waals surface area (Å²) >= 11 is 0. The van der Waals surface area contributed by atoms with Crippen molar-refractivity contribution in [3.05, 3.63) is 53.6 Å². The monoisotopic (exact) mass is 239 g/mol. The minimum absolute atomic E-state index is 1.07. The normalized spacial score (nSPS) is 10.4. The molecule has 2 aromatic carbocycles. The summed E-state index contributed by atoms with van der Waals surface area (Å²) in [5.74, 6) is 0. The van der Waals surface area contributed by atoms with Gasteiger partial charge in [0.25, 0.3) is 0 Å². The van der Waals surface area contributed by atoms with E-state index < -0.39 is 0 Å². The van der Waals surface area contributed by atoms with Gasteiger partial charge in [0.15, 0.2) is 0 Å². The van der Waals surface area contributed by atoms with Crippen LogP contribution < -0.4 is 4.90 Å². The lowest BCUT2D eigenvalue weighted by Crippen LogP contribution is -2.12. The van der Waals surface area contributed by atoms with E-state index in [1.54, 1.807) is 0 Å². The van der Waals surface area contributed by atoms with E-state index in [9.17, 15) is 0 Å². The Labute approximate surface area is 110 Å². The van der Waals surface area contributed by atoms with E-state index in [2.05, 4.69) is 75.3 Å². The van der Waals surface area contributed by atoms with Gasteiger partial charge in [0, 0.05) is 19.8 Å². The van der Waals surface area contributed by atoms with Crippen LogP contribution in [0.1, 0.15) is 18.1 Å². The second kappa shape index (κ2) is 5.26. The fourth-order valence-corrected chi connectivity index (χ4v) is 2.54. The van der Waals surface area contributed by atoms with Gasteiger partial charge in [-0.15, -0.1) is 0 Å². The molecule has 0 aliphatic heterocycles. The van der Waals surface area contributed by atoms with E-state index in [1.165, 1.54) is 27.9 Å². The average molecular weight is 239 g/mol. The highest BCUT2D eigenvalue weighted by Crippen LogP contribution is 2.31. The van der Waals surface area contributed by atoms with E-state index in [-0.39, 0.29) is 0 Å². The third-order valence-corrected chi connectivity index (χ3v) is 3.49. The Morgan fingerprint density at radius 2 is 1.61 bits per heavy atom. The molecule has 0 aromatic heterocycles. The van der Waals surface area contributed by atoms with Crippen LogP contribution in [0.2, 0.25) is 0 Å². The minimum Gasteiger partial charge on any atom is -0.377 e. The number of hydrogen-bond acceptors (Lipinski definition) is 1. The van der Waals surface area contributed by atoms with Crippen molar-refractivity contribution < 1.29 is 0 Å². The first kappa shape index (κ1) is 12.7. The zero-order valence-corrected chi connectivity index (χ0v) is 11.7. The fourth-order valence-electron chi connectivity index (χ4n) is 2.54. The lowest BCUT2D eigenvalue weighted by Gasteiger charge is -2.21. The van der Waals surface area contributed by atoms with Gasteiger partial charge >= 0.3 is 0 Å². The van der Waals surface area contributed by atoms with Crippen LogP contribution in [0, 0.1) is 6.92 Å². The third kappa shape index (κ3) is 2.26. The molecule has 1 heteroatoms. The maximum Gasteiger partial charge on any atom is 0.0396 e. The van der Waals surface area contributed by atoms with Crippen LogP contribution in [0.4, 0.5) is 5.69 Å². The summed E-state index contributed by atoms with van der Waals surface area (Å²) in [5.41, 5.74) is 6.82. The number of benzene rings is 2. The second-order valence-corrected chi connectivity index (χ2v) is 4.85. The molecule has 0 unspecified atom stereocenters. The van der Waals surface area contributed by atoms with Crippen LogP contribution in [0.3, 0.4) is 0 Å². The van der Waals surface area contributed by atoms with E-state index in [4.69, 9.17) is 0 Å². The SMILES string of the molecule is CCc1c(N(C)C)ccc(-c2ccccc2)c1C. The zero-order chi connectivity index (χ0) is 13.1. The van der Waals surface area contributed by atoms with E-state index in [0.29, 0.717) is 0 Å². The van der Waals surface area contributed by atoms with Gasteiger partial charge in [0.2, 0.25) is 0 Å². The Hall–Kier alpha value is -1.76. The molecule has 0 fully saturated rings. The minimum atomic E-state index is 1.07. The van der Waals surface area contributed by atoms with Crippen LogP contribution in [-0.4, -0.2) is 14.1 Å². The molecular formula is C17H21N. The fraction of sp³-hybridized carbons (Fsp3) is 0.294. The van der Waals surface area contributed by atoms with Gasteiger partial charge in [-0.25, -0.2) is 0 Å². The Bertz CT molecular complexity index is 527. The largest absolute Gasteiger partial charge is 0.377 e. The summed E-state index contributed by atoms with van der Waals surface area (Å²) in [6.07, 6.45) is 1.07. The highest BCUT2D eigenvalue weighted by molar-refractivity contribution is 5.73. The molecule has 0 N–H and O–H groups in total. The molecule has 94 valence electrons. The maximum absolute atomic E-state index is 2.24. The molecule has 0 aliphatic carbocycles. The van der Waals surface area contributed by atoms with Gasteiger partial charge in [-0.2, -0.15) is 0 Å². The van der Waals surface area contributed by atoms with E-state index >= 15 is 0 Å². The Morgan fingerprint density at radius 1 is 0.944 bits per heavy atom. The highest BCUT2D eigenvalue weighted by Gasteiger charge is 2.10. The van der Waals surface area contributed by atoms with Crippen molar-refractivity contribution in [3.8, 4) is 11.1 Å². The first-order chi connectivity index (χ1) is 8.65. The van der Waals surface area contributed by atoms with Crippen molar-refractivity contribution in [1.82, 2.24) is 0 Å². The van der Waals surface area contributed by atoms with Crippen molar-refractivity contribution in [2.45, 2.75) is 20.3 Å². The molecule has 1 nitrogen and oxygen atoms in total.